The molecule has 0 amide bonds. The molecule has 0 radical (unpaired) electrons. The minimum atomic E-state index is -0.448. The van der Waals surface area contributed by atoms with Crippen LogP contribution in [0.5, 0.6) is 5.75 Å². The van der Waals surface area contributed by atoms with Crippen molar-refractivity contribution in [2.24, 2.45) is 0 Å². The van der Waals surface area contributed by atoms with E-state index in [1.807, 2.05) is 0 Å². The quantitative estimate of drug-likeness (QED) is 0.678. The molecule has 0 atom stereocenters. The van der Waals surface area contributed by atoms with Crippen LogP contribution in [0.4, 0.5) is 0 Å². The van der Waals surface area contributed by atoms with Crippen LogP contribution in [-0.2, 0) is 5.75 Å². The number of thioether (sulfide) groups is 1. The van der Waals surface area contributed by atoms with Crippen molar-refractivity contribution in [2.75, 3.05) is 5.94 Å². The van der Waals surface area contributed by atoms with Gasteiger partial charge >= 0.3 is 5.76 Å². The van der Waals surface area contributed by atoms with E-state index in [0.717, 1.165) is 0 Å². The van der Waals surface area contributed by atoms with Gasteiger partial charge in [0.1, 0.15) is 17.4 Å². The predicted octanol–water partition coefficient (Wildman–Crippen LogP) is 3.54. The third kappa shape index (κ3) is 3.73. The summed E-state index contributed by atoms with van der Waals surface area (Å²) >= 11 is 13.1. The largest absolute Gasteiger partial charge is 0.483 e. The van der Waals surface area contributed by atoms with Gasteiger partial charge in [-0.3, -0.25) is 4.98 Å². The minimum Gasteiger partial charge on any atom is -0.483 e. The van der Waals surface area contributed by atoms with Gasteiger partial charge in [-0.15, -0.1) is 11.8 Å². The van der Waals surface area contributed by atoms with E-state index in [1.54, 1.807) is 18.2 Å². The average Bonchev–Trinajstić information content (AvgIpc) is 2.75. The molecule has 0 saturated carbocycles. The van der Waals surface area contributed by atoms with E-state index < -0.39 is 5.76 Å². The SMILES string of the molecule is O=c1[nH]cc(CSCOc2ccc(Cl)c(Cl)c2)o1. The number of oxazole rings is 1. The zero-order valence-corrected chi connectivity index (χ0v) is 11.4. The third-order valence-electron chi connectivity index (χ3n) is 2.02. The van der Waals surface area contributed by atoms with Crippen molar-refractivity contribution in [3.8, 4) is 5.75 Å². The highest BCUT2D eigenvalue weighted by Crippen LogP contribution is 2.26. The molecular formula is C11H9Cl2NO3S. The number of aromatic amines is 1. The lowest BCUT2D eigenvalue weighted by atomic mass is 10.3. The van der Waals surface area contributed by atoms with Gasteiger partial charge in [0.2, 0.25) is 0 Å². The van der Waals surface area contributed by atoms with Gasteiger partial charge in [-0.1, -0.05) is 23.2 Å². The molecule has 0 bridgehead atoms. The highest BCUT2D eigenvalue weighted by molar-refractivity contribution is 7.98. The fourth-order valence-electron chi connectivity index (χ4n) is 1.21. The molecular weight excluding hydrogens is 297 g/mol. The summed E-state index contributed by atoms with van der Waals surface area (Å²) in [6, 6.07) is 5.07. The molecule has 0 saturated heterocycles. The first-order chi connectivity index (χ1) is 8.65. The van der Waals surface area contributed by atoms with Crippen molar-refractivity contribution in [3.05, 3.63) is 50.8 Å². The average molecular weight is 306 g/mol. The molecule has 2 rings (SSSR count). The maximum absolute atomic E-state index is 10.7. The number of halogens is 2. The second-order valence-corrected chi connectivity index (χ2v) is 5.08. The molecule has 0 spiro atoms. The molecule has 18 heavy (non-hydrogen) atoms. The monoisotopic (exact) mass is 305 g/mol. The Hall–Kier alpha value is -1.04. The van der Waals surface area contributed by atoms with Crippen LogP contribution in [-0.4, -0.2) is 10.9 Å². The molecule has 0 aliphatic carbocycles. The van der Waals surface area contributed by atoms with Crippen LogP contribution in [0.2, 0.25) is 10.0 Å². The summed E-state index contributed by atoms with van der Waals surface area (Å²) in [5.74, 6) is 1.76. The molecule has 4 nitrogen and oxygen atoms in total. The Bertz CT molecular complexity index is 582. The summed E-state index contributed by atoms with van der Waals surface area (Å²) in [6.45, 7) is 0. The normalized spacial score (nSPS) is 10.6. The number of benzene rings is 1. The predicted molar refractivity (Wildman–Crippen MR) is 72.6 cm³/mol. The Balaban J connectivity index is 1.78. The Kier molecular flexibility index (Phi) is 4.63. The van der Waals surface area contributed by atoms with Crippen LogP contribution in [0, 0.1) is 0 Å². The summed E-state index contributed by atoms with van der Waals surface area (Å²) < 4.78 is 10.3. The van der Waals surface area contributed by atoms with Crippen molar-refractivity contribution < 1.29 is 9.15 Å². The lowest BCUT2D eigenvalue weighted by molar-refractivity contribution is 0.392. The van der Waals surface area contributed by atoms with E-state index >= 15 is 0 Å². The smallest absolute Gasteiger partial charge is 0.416 e. The van der Waals surface area contributed by atoms with Gasteiger partial charge in [0.05, 0.1) is 15.8 Å². The number of hydrogen-bond acceptors (Lipinski definition) is 4. The number of H-pyrrole nitrogens is 1. The topological polar surface area (TPSA) is 55.2 Å². The standard InChI is InChI=1S/C11H9Cl2NO3S/c12-9-2-1-7(3-10(9)13)16-6-18-5-8-4-14-11(15)17-8/h1-4H,5-6H2,(H,14,15). The summed E-state index contributed by atoms with van der Waals surface area (Å²) in [7, 11) is 0. The number of nitrogens with one attached hydrogen (secondary N) is 1. The zero-order chi connectivity index (χ0) is 13.0. The zero-order valence-electron chi connectivity index (χ0n) is 9.11. The third-order valence-corrected chi connectivity index (χ3v) is 3.53. The van der Waals surface area contributed by atoms with Gasteiger partial charge in [-0.25, -0.2) is 4.79 Å². The van der Waals surface area contributed by atoms with Crippen molar-refractivity contribution >= 4 is 35.0 Å². The molecule has 1 N–H and O–H groups in total. The summed E-state index contributed by atoms with van der Waals surface area (Å²) in [5.41, 5.74) is 0. The maximum Gasteiger partial charge on any atom is 0.416 e. The first-order valence-electron chi connectivity index (χ1n) is 4.98. The van der Waals surface area contributed by atoms with Crippen LogP contribution in [0.1, 0.15) is 5.76 Å². The van der Waals surface area contributed by atoms with Crippen LogP contribution >= 0.6 is 35.0 Å². The van der Waals surface area contributed by atoms with E-state index in [-0.39, 0.29) is 0 Å². The van der Waals surface area contributed by atoms with Gasteiger partial charge in [0.15, 0.2) is 0 Å². The van der Waals surface area contributed by atoms with Crippen LogP contribution in [0.25, 0.3) is 0 Å². The molecule has 0 aliphatic heterocycles. The lowest BCUT2D eigenvalue weighted by Crippen LogP contribution is -1.94. The van der Waals surface area contributed by atoms with Gasteiger partial charge < -0.3 is 9.15 Å². The molecule has 2 aromatic rings. The number of ether oxygens (including phenoxy) is 1. The first-order valence-corrected chi connectivity index (χ1v) is 6.89. The highest BCUT2D eigenvalue weighted by Gasteiger charge is 2.02. The fourth-order valence-corrected chi connectivity index (χ4v) is 2.14. The first kappa shape index (κ1) is 13.4. The van der Waals surface area contributed by atoms with Crippen LogP contribution < -0.4 is 10.5 Å². The van der Waals surface area contributed by atoms with Crippen LogP contribution in [0.3, 0.4) is 0 Å². The number of aromatic nitrogens is 1. The Morgan fingerprint density at radius 2 is 2.17 bits per heavy atom. The van der Waals surface area contributed by atoms with Crippen molar-refractivity contribution in [1.29, 1.82) is 0 Å². The molecule has 0 aliphatic rings. The van der Waals surface area contributed by atoms with E-state index in [0.29, 0.717) is 33.2 Å². The second kappa shape index (κ2) is 6.22. The number of hydrogen-bond donors (Lipinski definition) is 1. The highest BCUT2D eigenvalue weighted by atomic mass is 35.5. The van der Waals surface area contributed by atoms with E-state index in [1.165, 1.54) is 18.0 Å². The minimum absolute atomic E-state index is 0.423. The summed E-state index contributed by atoms with van der Waals surface area (Å²) in [4.78, 5) is 13.2. The maximum atomic E-state index is 10.7. The molecule has 7 heteroatoms. The molecule has 96 valence electrons. The lowest BCUT2D eigenvalue weighted by Gasteiger charge is -2.05. The van der Waals surface area contributed by atoms with E-state index in [2.05, 4.69) is 4.98 Å². The molecule has 0 fully saturated rings. The molecule has 1 heterocycles. The fraction of sp³-hybridized carbons (Fsp3) is 0.182. The Labute approximate surface area is 117 Å². The summed E-state index contributed by atoms with van der Waals surface area (Å²) in [6.07, 6.45) is 1.54. The van der Waals surface area contributed by atoms with E-state index in [4.69, 9.17) is 32.4 Å². The van der Waals surface area contributed by atoms with Gasteiger partial charge in [0, 0.05) is 12.3 Å². The van der Waals surface area contributed by atoms with Crippen molar-refractivity contribution in [2.45, 2.75) is 5.75 Å². The van der Waals surface area contributed by atoms with Gasteiger partial charge in [-0.2, -0.15) is 0 Å². The summed E-state index contributed by atoms with van der Waals surface area (Å²) in [5, 5.41) is 0.946. The van der Waals surface area contributed by atoms with Crippen molar-refractivity contribution in [3.63, 3.8) is 0 Å². The van der Waals surface area contributed by atoms with Crippen molar-refractivity contribution in [1.82, 2.24) is 4.98 Å². The van der Waals surface area contributed by atoms with Gasteiger partial charge in [0.25, 0.3) is 0 Å². The van der Waals surface area contributed by atoms with Crippen LogP contribution in [0.15, 0.2) is 33.6 Å². The molecule has 0 unspecified atom stereocenters. The Morgan fingerprint density at radius 3 is 2.83 bits per heavy atom. The number of rotatable bonds is 5. The van der Waals surface area contributed by atoms with E-state index in [9.17, 15) is 4.79 Å². The second-order valence-electron chi connectivity index (χ2n) is 3.33. The molecule has 1 aromatic heterocycles. The molecule has 1 aromatic carbocycles. The Morgan fingerprint density at radius 1 is 1.33 bits per heavy atom. The van der Waals surface area contributed by atoms with Gasteiger partial charge in [-0.05, 0) is 12.1 Å².